The molecule has 4 rings (SSSR count). The van der Waals surface area contributed by atoms with E-state index in [1.165, 1.54) is 34.1 Å². The molecule has 0 aromatic heterocycles. The first-order valence-electron chi connectivity index (χ1n) is 10.7. The molecule has 2 aliphatic rings. The molecule has 10 heteroatoms. The number of nitrogens with zero attached hydrogens (tertiary/aromatic N) is 1. The summed E-state index contributed by atoms with van der Waals surface area (Å²) < 4.78 is 77.1. The van der Waals surface area contributed by atoms with E-state index in [1.54, 1.807) is 0 Å². The number of hydrogen-bond acceptors (Lipinski definition) is 6. The van der Waals surface area contributed by atoms with E-state index < -0.39 is 40.7 Å². The van der Waals surface area contributed by atoms with Gasteiger partial charge >= 0.3 is 0 Å². The van der Waals surface area contributed by atoms with Gasteiger partial charge in [0.1, 0.15) is 0 Å². The summed E-state index contributed by atoms with van der Waals surface area (Å²) in [4.78, 5) is -0.208. The second kappa shape index (κ2) is 8.89. The van der Waals surface area contributed by atoms with Crippen LogP contribution in [0, 0.1) is 5.92 Å². The molecule has 0 spiro atoms. The molecule has 0 saturated carbocycles. The summed E-state index contributed by atoms with van der Waals surface area (Å²) in [7, 11) is -11.1. The molecule has 2 saturated heterocycles. The number of hydrogen-bond donors (Lipinski definition) is 0. The zero-order chi connectivity index (χ0) is 23.0. The molecule has 2 fully saturated rings. The van der Waals surface area contributed by atoms with Crippen molar-refractivity contribution in [3.63, 3.8) is 0 Å². The molecule has 1 unspecified atom stereocenters. The van der Waals surface area contributed by atoms with Crippen LogP contribution in [-0.2, 0) is 36.1 Å². The highest BCUT2D eigenvalue weighted by Gasteiger charge is 2.38. The monoisotopic (exact) mass is 497 g/mol. The molecule has 32 heavy (non-hydrogen) atoms. The lowest BCUT2D eigenvalue weighted by Gasteiger charge is -2.31. The summed E-state index contributed by atoms with van der Waals surface area (Å²) in [5.41, 5.74) is 1.24. The SMILES string of the molecule is O=S1(=O)CCC(S(=O)(=O)c2cccc(S(=O)(=O)N3CCC(Cc4ccccc4)CC3)c2)C1. The quantitative estimate of drug-likeness (QED) is 0.606. The molecule has 174 valence electrons. The van der Waals surface area contributed by atoms with Gasteiger partial charge in [0.25, 0.3) is 0 Å². The van der Waals surface area contributed by atoms with Crippen LogP contribution in [-0.4, -0.2) is 59.4 Å². The standard InChI is InChI=1S/C22H27NO6S3/c24-30(25)14-11-22(17-30)31(26,27)20-7-4-8-21(16-20)32(28,29)23-12-9-19(10-13-23)15-18-5-2-1-3-6-18/h1-8,16,19,22H,9-15,17H2. The summed E-state index contributed by atoms with van der Waals surface area (Å²) in [6.07, 6.45) is 2.43. The van der Waals surface area contributed by atoms with Crippen LogP contribution in [0.2, 0.25) is 0 Å². The largest absolute Gasteiger partial charge is 0.243 e. The van der Waals surface area contributed by atoms with Gasteiger partial charge in [0.2, 0.25) is 10.0 Å². The summed E-state index contributed by atoms with van der Waals surface area (Å²) in [6, 6.07) is 15.4. The Morgan fingerprint density at radius 1 is 0.844 bits per heavy atom. The van der Waals surface area contributed by atoms with Gasteiger partial charge in [0.15, 0.2) is 19.7 Å². The average molecular weight is 498 g/mol. The van der Waals surface area contributed by atoms with Crippen LogP contribution in [0.25, 0.3) is 0 Å². The maximum absolute atomic E-state index is 13.2. The number of sulfone groups is 2. The highest BCUT2D eigenvalue weighted by molar-refractivity contribution is 7.96. The topological polar surface area (TPSA) is 106 Å². The predicted molar refractivity (Wildman–Crippen MR) is 122 cm³/mol. The third kappa shape index (κ3) is 4.93. The molecule has 1 atom stereocenters. The summed E-state index contributed by atoms with van der Waals surface area (Å²) >= 11 is 0. The summed E-state index contributed by atoms with van der Waals surface area (Å²) in [6.45, 7) is 0.773. The maximum atomic E-state index is 13.2. The van der Waals surface area contributed by atoms with Crippen molar-refractivity contribution in [2.24, 2.45) is 5.92 Å². The number of rotatable bonds is 6. The van der Waals surface area contributed by atoms with Gasteiger partial charge in [-0.05, 0) is 55.4 Å². The first kappa shape index (κ1) is 23.4. The lowest BCUT2D eigenvalue weighted by atomic mass is 9.91. The summed E-state index contributed by atoms with van der Waals surface area (Å²) in [5.74, 6) is -0.173. The minimum Gasteiger partial charge on any atom is -0.229 e. The zero-order valence-electron chi connectivity index (χ0n) is 17.6. The Balaban J connectivity index is 1.48. The molecule has 0 bridgehead atoms. The first-order chi connectivity index (χ1) is 15.1. The van der Waals surface area contributed by atoms with Crippen LogP contribution >= 0.6 is 0 Å². The van der Waals surface area contributed by atoms with Gasteiger partial charge in [-0.25, -0.2) is 25.3 Å². The average Bonchev–Trinajstić information content (AvgIpc) is 3.15. The Labute approximate surface area is 190 Å². The molecular weight excluding hydrogens is 470 g/mol. The third-order valence-electron chi connectivity index (χ3n) is 6.34. The lowest BCUT2D eigenvalue weighted by molar-refractivity contribution is 0.273. The Morgan fingerprint density at radius 2 is 1.50 bits per heavy atom. The van der Waals surface area contributed by atoms with Crippen LogP contribution in [0.5, 0.6) is 0 Å². The number of benzene rings is 2. The van der Waals surface area contributed by atoms with E-state index in [0.717, 1.165) is 19.3 Å². The molecule has 0 N–H and O–H groups in total. The fraction of sp³-hybridized carbons (Fsp3) is 0.455. The molecule has 7 nitrogen and oxygen atoms in total. The zero-order valence-corrected chi connectivity index (χ0v) is 20.1. The van der Waals surface area contributed by atoms with Crippen molar-refractivity contribution in [2.45, 2.75) is 40.7 Å². The van der Waals surface area contributed by atoms with E-state index in [1.807, 2.05) is 18.2 Å². The third-order valence-corrected chi connectivity index (χ3v) is 12.4. The van der Waals surface area contributed by atoms with E-state index in [2.05, 4.69) is 12.1 Å². The van der Waals surface area contributed by atoms with Crippen molar-refractivity contribution in [1.29, 1.82) is 0 Å². The van der Waals surface area contributed by atoms with Crippen molar-refractivity contribution in [2.75, 3.05) is 24.6 Å². The van der Waals surface area contributed by atoms with Crippen LogP contribution in [0.1, 0.15) is 24.8 Å². The van der Waals surface area contributed by atoms with Crippen molar-refractivity contribution < 1.29 is 25.3 Å². The molecule has 2 aromatic rings. The van der Waals surface area contributed by atoms with E-state index in [-0.39, 0.29) is 22.0 Å². The van der Waals surface area contributed by atoms with Crippen molar-refractivity contribution in [1.82, 2.24) is 4.31 Å². The van der Waals surface area contributed by atoms with Crippen LogP contribution in [0.15, 0.2) is 64.4 Å². The van der Waals surface area contributed by atoms with Crippen LogP contribution in [0.3, 0.4) is 0 Å². The normalized spacial score (nSPS) is 22.7. The van der Waals surface area contributed by atoms with E-state index in [4.69, 9.17) is 0 Å². The van der Waals surface area contributed by atoms with E-state index in [0.29, 0.717) is 19.0 Å². The predicted octanol–water partition coefficient (Wildman–Crippen LogP) is 2.29. The fourth-order valence-electron chi connectivity index (χ4n) is 4.46. The Hall–Kier alpha value is -1.75. The maximum Gasteiger partial charge on any atom is 0.243 e. The number of piperidine rings is 1. The Morgan fingerprint density at radius 3 is 2.12 bits per heavy atom. The van der Waals surface area contributed by atoms with Crippen molar-refractivity contribution >= 4 is 29.7 Å². The smallest absolute Gasteiger partial charge is 0.229 e. The van der Waals surface area contributed by atoms with Crippen LogP contribution < -0.4 is 0 Å². The Bertz CT molecular complexity index is 1280. The van der Waals surface area contributed by atoms with E-state index in [9.17, 15) is 25.3 Å². The van der Waals surface area contributed by atoms with Gasteiger partial charge in [-0.2, -0.15) is 4.31 Å². The van der Waals surface area contributed by atoms with Crippen molar-refractivity contribution in [3.8, 4) is 0 Å². The minimum atomic E-state index is -3.93. The van der Waals surface area contributed by atoms with Gasteiger partial charge in [0, 0.05) is 13.1 Å². The molecule has 0 radical (unpaired) electrons. The van der Waals surface area contributed by atoms with Gasteiger partial charge in [-0.1, -0.05) is 36.4 Å². The molecule has 0 amide bonds. The second-order valence-corrected chi connectivity index (χ2v) is 15.0. The van der Waals surface area contributed by atoms with Gasteiger partial charge in [-0.3, -0.25) is 0 Å². The van der Waals surface area contributed by atoms with Gasteiger partial charge < -0.3 is 0 Å². The fourth-order valence-corrected chi connectivity index (χ4v) is 10.5. The highest BCUT2D eigenvalue weighted by atomic mass is 32.2. The van der Waals surface area contributed by atoms with Crippen LogP contribution in [0.4, 0.5) is 0 Å². The first-order valence-corrected chi connectivity index (χ1v) is 15.5. The minimum absolute atomic E-state index is 0.0383. The molecule has 0 aliphatic carbocycles. The van der Waals surface area contributed by atoms with E-state index >= 15 is 0 Å². The van der Waals surface area contributed by atoms with Gasteiger partial charge in [-0.15, -0.1) is 0 Å². The Kier molecular flexibility index (Phi) is 6.50. The van der Waals surface area contributed by atoms with Crippen molar-refractivity contribution in [3.05, 3.63) is 60.2 Å². The molecule has 2 aliphatic heterocycles. The number of sulfonamides is 1. The summed E-state index contributed by atoms with van der Waals surface area (Å²) in [5, 5.41) is -1.03. The molecule has 2 aromatic carbocycles. The molecule has 2 heterocycles. The lowest BCUT2D eigenvalue weighted by Crippen LogP contribution is -2.39. The second-order valence-electron chi connectivity index (χ2n) is 8.58. The highest BCUT2D eigenvalue weighted by Crippen LogP contribution is 2.30. The van der Waals surface area contributed by atoms with Gasteiger partial charge in [0.05, 0.1) is 26.5 Å². The molecular formula is C22H27NO6S3.